The minimum absolute atomic E-state index is 0.169. The van der Waals surface area contributed by atoms with Crippen molar-refractivity contribution in [1.29, 1.82) is 0 Å². The molecule has 0 bridgehead atoms. The summed E-state index contributed by atoms with van der Waals surface area (Å²) >= 11 is 0. The van der Waals surface area contributed by atoms with E-state index in [1.54, 1.807) is 22.9 Å². The third-order valence-corrected chi connectivity index (χ3v) is 4.58. The SMILES string of the molecule is COC(=O)c1ccc2c(-c3c(F)cccc3F)nn(-c3ccc(C)cc3)c2c1. The average Bonchev–Trinajstić information content (AvgIpc) is 3.06. The van der Waals surface area contributed by atoms with Crippen LogP contribution in [0.3, 0.4) is 0 Å². The van der Waals surface area contributed by atoms with E-state index in [2.05, 4.69) is 5.10 Å². The molecule has 0 saturated carbocycles. The number of benzene rings is 3. The summed E-state index contributed by atoms with van der Waals surface area (Å²) in [6.45, 7) is 1.96. The molecule has 0 amide bonds. The normalized spacial score (nSPS) is 11.0. The third-order valence-electron chi connectivity index (χ3n) is 4.58. The van der Waals surface area contributed by atoms with Crippen molar-refractivity contribution >= 4 is 16.9 Å². The Hall–Kier alpha value is -3.54. The summed E-state index contributed by atoms with van der Waals surface area (Å²) in [5.41, 5.74) is 2.61. The van der Waals surface area contributed by atoms with Gasteiger partial charge < -0.3 is 4.74 Å². The van der Waals surface area contributed by atoms with Gasteiger partial charge in [0.15, 0.2) is 0 Å². The molecule has 4 nitrogen and oxygen atoms in total. The zero-order valence-corrected chi connectivity index (χ0v) is 15.2. The van der Waals surface area contributed by atoms with Crippen molar-refractivity contribution in [2.45, 2.75) is 6.92 Å². The molecule has 0 aliphatic heterocycles. The zero-order chi connectivity index (χ0) is 19.8. The van der Waals surface area contributed by atoms with Gasteiger partial charge in [0.25, 0.3) is 0 Å². The summed E-state index contributed by atoms with van der Waals surface area (Å²) in [6, 6.07) is 16.0. The lowest BCUT2D eigenvalue weighted by atomic mass is 10.0. The highest BCUT2D eigenvalue weighted by atomic mass is 19.1. The maximum atomic E-state index is 14.4. The van der Waals surface area contributed by atoms with Gasteiger partial charge in [-0.1, -0.05) is 23.8 Å². The fraction of sp³-hybridized carbons (Fsp3) is 0.0909. The maximum Gasteiger partial charge on any atom is 0.337 e. The molecule has 0 fully saturated rings. The number of nitrogens with zero attached hydrogens (tertiary/aromatic N) is 2. The van der Waals surface area contributed by atoms with E-state index in [0.717, 1.165) is 5.56 Å². The Kier molecular flexibility index (Phi) is 4.39. The lowest BCUT2D eigenvalue weighted by Gasteiger charge is -2.05. The van der Waals surface area contributed by atoms with E-state index in [1.165, 1.54) is 25.3 Å². The van der Waals surface area contributed by atoms with E-state index in [-0.39, 0.29) is 11.3 Å². The van der Waals surface area contributed by atoms with Crippen LogP contribution in [-0.4, -0.2) is 22.9 Å². The van der Waals surface area contributed by atoms with Crippen molar-refractivity contribution < 1.29 is 18.3 Å². The number of aromatic nitrogens is 2. The van der Waals surface area contributed by atoms with E-state index in [4.69, 9.17) is 4.74 Å². The Balaban J connectivity index is 2.04. The van der Waals surface area contributed by atoms with Gasteiger partial charge in [0.1, 0.15) is 17.3 Å². The van der Waals surface area contributed by atoms with Gasteiger partial charge in [0.05, 0.1) is 29.4 Å². The van der Waals surface area contributed by atoms with Crippen LogP contribution in [0, 0.1) is 18.6 Å². The van der Waals surface area contributed by atoms with Crippen molar-refractivity contribution in [3.05, 3.63) is 83.4 Å². The molecule has 4 rings (SSSR count). The highest BCUT2D eigenvalue weighted by Gasteiger charge is 2.21. The molecule has 1 aromatic heterocycles. The highest BCUT2D eigenvalue weighted by molar-refractivity contribution is 5.99. The fourth-order valence-electron chi connectivity index (χ4n) is 3.15. The number of aryl methyl sites for hydroxylation is 1. The number of ether oxygens (including phenoxy) is 1. The van der Waals surface area contributed by atoms with Crippen LogP contribution in [0.25, 0.3) is 27.8 Å². The number of fused-ring (bicyclic) bond motifs is 1. The van der Waals surface area contributed by atoms with Crippen LogP contribution in [0.1, 0.15) is 15.9 Å². The Labute approximate surface area is 160 Å². The first-order chi connectivity index (χ1) is 13.5. The second-order valence-electron chi connectivity index (χ2n) is 6.42. The Morgan fingerprint density at radius 3 is 2.32 bits per heavy atom. The summed E-state index contributed by atoms with van der Waals surface area (Å²) in [4.78, 5) is 12.0. The number of rotatable bonds is 3. The number of hydrogen-bond donors (Lipinski definition) is 0. The number of esters is 1. The average molecular weight is 378 g/mol. The lowest BCUT2D eigenvalue weighted by molar-refractivity contribution is 0.0601. The monoisotopic (exact) mass is 378 g/mol. The lowest BCUT2D eigenvalue weighted by Crippen LogP contribution is -2.02. The van der Waals surface area contributed by atoms with E-state index in [0.29, 0.717) is 22.2 Å². The number of carbonyl (C=O) groups excluding carboxylic acids is 1. The van der Waals surface area contributed by atoms with Gasteiger partial charge in [-0.25, -0.2) is 18.3 Å². The number of hydrogen-bond acceptors (Lipinski definition) is 3. The van der Waals surface area contributed by atoms with Gasteiger partial charge in [-0.05, 0) is 49.4 Å². The fourth-order valence-corrected chi connectivity index (χ4v) is 3.15. The molecule has 6 heteroatoms. The topological polar surface area (TPSA) is 44.1 Å². The molecule has 0 unspecified atom stereocenters. The molecule has 0 aliphatic carbocycles. The van der Waals surface area contributed by atoms with Crippen molar-refractivity contribution in [2.75, 3.05) is 7.11 Å². The van der Waals surface area contributed by atoms with Gasteiger partial charge in [-0.15, -0.1) is 0 Å². The highest BCUT2D eigenvalue weighted by Crippen LogP contribution is 2.33. The quantitative estimate of drug-likeness (QED) is 0.468. The Bertz CT molecular complexity index is 1180. The van der Waals surface area contributed by atoms with Gasteiger partial charge >= 0.3 is 5.97 Å². The molecule has 4 aromatic rings. The van der Waals surface area contributed by atoms with Gasteiger partial charge in [-0.3, -0.25) is 0 Å². The van der Waals surface area contributed by atoms with Crippen molar-refractivity contribution in [1.82, 2.24) is 9.78 Å². The van der Waals surface area contributed by atoms with Crippen LogP contribution in [0.5, 0.6) is 0 Å². The zero-order valence-electron chi connectivity index (χ0n) is 15.2. The molecule has 0 radical (unpaired) electrons. The molecule has 0 aliphatic rings. The van der Waals surface area contributed by atoms with Gasteiger partial charge in [0, 0.05) is 5.39 Å². The minimum atomic E-state index is -0.701. The first-order valence-corrected chi connectivity index (χ1v) is 8.62. The van der Waals surface area contributed by atoms with Gasteiger partial charge in [-0.2, -0.15) is 5.10 Å². The third kappa shape index (κ3) is 2.93. The Morgan fingerprint density at radius 1 is 1.00 bits per heavy atom. The number of carbonyl (C=O) groups is 1. The van der Waals surface area contributed by atoms with E-state index < -0.39 is 17.6 Å². The molecular weight excluding hydrogens is 362 g/mol. The second-order valence-corrected chi connectivity index (χ2v) is 6.42. The van der Waals surface area contributed by atoms with Crippen molar-refractivity contribution in [3.63, 3.8) is 0 Å². The predicted molar refractivity (Wildman–Crippen MR) is 102 cm³/mol. The van der Waals surface area contributed by atoms with Crippen LogP contribution in [0.4, 0.5) is 8.78 Å². The first-order valence-electron chi connectivity index (χ1n) is 8.62. The molecule has 140 valence electrons. The van der Waals surface area contributed by atoms with Gasteiger partial charge in [0.2, 0.25) is 0 Å². The van der Waals surface area contributed by atoms with E-state index in [9.17, 15) is 13.6 Å². The molecule has 28 heavy (non-hydrogen) atoms. The van der Waals surface area contributed by atoms with Crippen LogP contribution in [0.2, 0.25) is 0 Å². The molecule has 0 atom stereocenters. The molecular formula is C22H16F2N2O2. The second kappa shape index (κ2) is 6.88. The Morgan fingerprint density at radius 2 is 1.68 bits per heavy atom. The molecule has 0 spiro atoms. The van der Waals surface area contributed by atoms with Crippen molar-refractivity contribution in [3.8, 4) is 16.9 Å². The molecule has 0 saturated heterocycles. The molecule has 1 heterocycles. The largest absolute Gasteiger partial charge is 0.465 e. The number of methoxy groups -OCH3 is 1. The standard InChI is InChI=1S/C22H16F2N2O2/c1-13-6-9-15(10-7-13)26-19-12-14(22(27)28-2)8-11-16(19)21(25-26)20-17(23)4-3-5-18(20)24/h3-12H,1-2H3. The number of halogens is 2. The van der Waals surface area contributed by atoms with Crippen LogP contribution >= 0.6 is 0 Å². The summed E-state index contributed by atoms with van der Waals surface area (Å²) in [7, 11) is 1.30. The van der Waals surface area contributed by atoms with Crippen LogP contribution in [-0.2, 0) is 4.74 Å². The van der Waals surface area contributed by atoms with Crippen molar-refractivity contribution in [2.24, 2.45) is 0 Å². The van der Waals surface area contributed by atoms with E-state index >= 15 is 0 Å². The summed E-state index contributed by atoms with van der Waals surface area (Å²) in [5.74, 6) is -1.91. The van der Waals surface area contributed by atoms with Crippen LogP contribution < -0.4 is 0 Å². The summed E-state index contributed by atoms with van der Waals surface area (Å²) in [6.07, 6.45) is 0. The summed E-state index contributed by atoms with van der Waals surface area (Å²) < 4.78 is 35.2. The smallest absolute Gasteiger partial charge is 0.337 e. The molecule has 3 aromatic carbocycles. The maximum absolute atomic E-state index is 14.4. The first kappa shape index (κ1) is 17.9. The van der Waals surface area contributed by atoms with E-state index in [1.807, 2.05) is 31.2 Å². The minimum Gasteiger partial charge on any atom is -0.465 e. The summed E-state index contributed by atoms with van der Waals surface area (Å²) in [5, 5.41) is 5.02. The van der Waals surface area contributed by atoms with Crippen LogP contribution in [0.15, 0.2) is 60.7 Å². The predicted octanol–water partition coefficient (Wildman–Crippen LogP) is 5.07. The molecule has 0 N–H and O–H groups in total.